The molecular formula is C14H29NO. The van der Waals surface area contributed by atoms with Gasteiger partial charge in [0, 0.05) is 19.8 Å². The Morgan fingerprint density at radius 1 is 1.31 bits per heavy atom. The average Bonchev–Trinajstić information content (AvgIpc) is 2.16. The predicted molar refractivity (Wildman–Crippen MR) is 69.3 cm³/mol. The first-order chi connectivity index (χ1) is 7.36. The van der Waals surface area contributed by atoms with Gasteiger partial charge in [0.2, 0.25) is 0 Å². The van der Waals surface area contributed by atoms with Crippen LogP contribution in [0.25, 0.3) is 0 Å². The fourth-order valence-electron chi connectivity index (χ4n) is 3.06. The third kappa shape index (κ3) is 3.46. The minimum absolute atomic E-state index is 0.378. The van der Waals surface area contributed by atoms with Crippen LogP contribution in [0.3, 0.4) is 0 Å². The molecule has 0 aliphatic heterocycles. The standard InChI is InChI=1S/C14H29NO/c1-10(9-16-5)12-8-11(14(2,3)4)6-7-13(12)15/h10-13H,6-9,15H2,1-5H3. The summed E-state index contributed by atoms with van der Waals surface area (Å²) in [5.74, 6) is 2.04. The fraction of sp³-hybridized carbons (Fsp3) is 1.00. The second-order valence-corrected chi connectivity index (χ2v) is 6.64. The van der Waals surface area contributed by atoms with Gasteiger partial charge in [-0.25, -0.2) is 0 Å². The molecule has 0 amide bonds. The molecule has 16 heavy (non-hydrogen) atoms. The van der Waals surface area contributed by atoms with Gasteiger partial charge in [-0.15, -0.1) is 0 Å². The first kappa shape index (κ1) is 14.0. The SMILES string of the molecule is COCC(C)C1CC(C(C)(C)C)CCC1N. The zero-order valence-corrected chi connectivity index (χ0v) is 11.6. The monoisotopic (exact) mass is 227 g/mol. The van der Waals surface area contributed by atoms with E-state index in [2.05, 4.69) is 27.7 Å². The molecule has 0 bridgehead atoms. The highest BCUT2D eigenvalue weighted by Gasteiger charge is 2.36. The molecular weight excluding hydrogens is 198 g/mol. The van der Waals surface area contributed by atoms with Gasteiger partial charge < -0.3 is 10.5 Å². The second kappa shape index (κ2) is 5.50. The molecule has 0 spiro atoms. The van der Waals surface area contributed by atoms with Crippen molar-refractivity contribution in [1.29, 1.82) is 0 Å². The molecule has 0 aromatic rings. The van der Waals surface area contributed by atoms with Crippen LogP contribution in [0, 0.1) is 23.2 Å². The first-order valence-corrected chi connectivity index (χ1v) is 6.60. The summed E-state index contributed by atoms with van der Waals surface area (Å²) in [7, 11) is 1.78. The Morgan fingerprint density at radius 3 is 2.44 bits per heavy atom. The average molecular weight is 227 g/mol. The van der Waals surface area contributed by atoms with E-state index in [-0.39, 0.29) is 0 Å². The Bertz CT molecular complexity index is 209. The van der Waals surface area contributed by atoms with Gasteiger partial charge in [-0.1, -0.05) is 27.7 Å². The predicted octanol–water partition coefficient (Wildman–Crippen LogP) is 3.06. The summed E-state index contributed by atoms with van der Waals surface area (Å²) in [5, 5.41) is 0. The summed E-state index contributed by atoms with van der Waals surface area (Å²) >= 11 is 0. The van der Waals surface area contributed by atoms with Crippen molar-refractivity contribution < 1.29 is 4.74 Å². The van der Waals surface area contributed by atoms with Gasteiger partial charge in [0.1, 0.15) is 0 Å². The smallest absolute Gasteiger partial charge is 0.0491 e. The van der Waals surface area contributed by atoms with Gasteiger partial charge in [0.05, 0.1) is 0 Å². The van der Waals surface area contributed by atoms with E-state index in [0.717, 1.165) is 12.5 Å². The highest BCUT2D eigenvalue weighted by molar-refractivity contribution is 4.89. The van der Waals surface area contributed by atoms with Gasteiger partial charge >= 0.3 is 0 Å². The molecule has 0 heterocycles. The van der Waals surface area contributed by atoms with Crippen LogP contribution in [0.5, 0.6) is 0 Å². The van der Waals surface area contributed by atoms with Crippen LogP contribution in [0.15, 0.2) is 0 Å². The summed E-state index contributed by atoms with van der Waals surface area (Å²) in [6, 6.07) is 0.378. The van der Waals surface area contributed by atoms with Crippen LogP contribution in [0.4, 0.5) is 0 Å². The molecule has 1 fully saturated rings. The molecule has 1 saturated carbocycles. The van der Waals surface area contributed by atoms with Crippen molar-refractivity contribution >= 4 is 0 Å². The molecule has 4 atom stereocenters. The lowest BCUT2D eigenvalue weighted by molar-refractivity contribution is 0.0608. The second-order valence-electron chi connectivity index (χ2n) is 6.64. The number of nitrogens with two attached hydrogens (primary N) is 1. The van der Waals surface area contributed by atoms with Crippen LogP contribution in [0.2, 0.25) is 0 Å². The van der Waals surface area contributed by atoms with Crippen molar-refractivity contribution in [3.8, 4) is 0 Å². The molecule has 2 heteroatoms. The third-order valence-corrected chi connectivity index (χ3v) is 4.34. The molecule has 0 saturated heterocycles. The minimum Gasteiger partial charge on any atom is -0.384 e. The number of hydrogen-bond acceptors (Lipinski definition) is 2. The number of rotatable bonds is 3. The Labute approximate surface area is 101 Å². The van der Waals surface area contributed by atoms with Crippen LogP contribution < -0.4 is 5.73 Å². The molecule has 0 aromatic heterocycles. The zero-order valence-electron chi connectivity index (χ0n) is 11.6. The molecule has 4 unspecified atom stereocenters. The van der Waals surface area contributed by atoms with Crippen LogP contribution >= 0.6 is 0 Å². The zero-order chi connectivity index (χ0) is 12.3. The van der Waals surface area contributed by atoms with Gasteiger partial charge in [0.25, 0.3) is 0 Å². The summed E-state index contributed by atoms with van der Waals surface area (Å²) in [6.45, 7) is 10.2. The molecule has 96 valence electrons. The molecule has 0 aromatic carbocycles. The summed E-state index contributed by atoms with van der Waals surface area (Å²) < 4.78 is 5.27. The third-order valence-electron chi connectivity index (χ3n) is 4.34. The maximum absolute atomic E-state index is 6.26. The maximum atomic E-state index is 6.26. The normalized spacial score (nSPS) is 33.8. The highest BCUT2D eigenvalue weighted by Crippen LogP contribution is 2.42. The van der Waals surface area contributed by atoms with E-state index in [0.29, 0.717) is 23.3 Å². The largest absolute Gasteiger partial charge is 0.384 e. The lowest BCUT2D eigenvalue weighted by Crippen LogP contribution is -2.43. The molecule has 0 radical (unpaired) electrons. The van der Waals surface area contributed by atoms with E-state index >= 15 is 0 Å². The van der Waals surface area contributed by atoms with Crippen molar-refractivity contribution in [2.75, 3.05) is 13.7 Å². The van der Waals surface area contributed by atoms with Crippen LogP contribution in [-0.4, -0.2) is 19.8 Å². The van der Waals surface area contributed by atoms with Crippen molar-refractivity contribution in [1.82, 2.24) is 0 Å². The molecule has 1 aliphatic carbocycles. The van der Waals surface area contributed by atoms with Crippen molar-refractivity contribution in [2.45, 2.75) is 53.0 Å². The van der Waals surface area contributed by atoms with Gasteiger partial charge in [-0.05, 0) is 42.4 Å². The summed E-state index contributed by atoms with van der Waals surface area (Å²) in [5.41, 5.74) is 6.68. The Balaban J connectivity index is 2.61. The fourth-order valence-corrected chi connectivity index (χ4v) is 3.06. The van der Waals surface area contributed by atoms with Gasteiger partial charge in [-0.2, -0.15) is 0 Å². The molecule has 1 rings (SSSR count). The molecule has 2 N–H and O–H groups in total. The minimum atomic E-state index is 0.378. The van der Waals surface area contributed by atoms with Crippen molar-refractivity contribution in [2.24, 2.45) is 28.9 Å². The Kier molecular flexibility index (Phi) is 4.81. The van der Waals surface area contributed by atoms with Crippen molar-refractivity contribution in [3.05, 3.63) is 0 Å². The molecule has 1 aliphatic rings. The number of hydrogen-bond donors (Lipinski definition) is 1. The maximum Gasteiger partial charge on any atom is 0.0491 e. The van der Waals surface area contributed by atoms with E-state index in [1.54, 1.807) is 7.11 Å². The van der Waals surface area contributed by atoms with E-state index in [4.69, 9.17) is 10.5 Å². The Morgan fingerprint density at radius 2 is 1.94 bits per heavy atom. The van der Waals surface area contributed by atoms with Gasteiger partial charge in [0.15, 0.2) is 0 Å². The van der Waals surface area contributed by atoms with Crippen LogP contribution in [-0.2, 0) is 4.74 Å². The quantitative estimate of drug-likeness (QED) is 0.804. The van der Waals surface area contributed by atoms with Crippen LogP contribution in [0.1, 0.15) is 47.0 Å². The summed E-state index contributed by atoms with van der Waals surface area (Å²) in [6.07, 6.45) is 3.75. The number of ether oxygens (including phenoxy) is 1. The lowest BCUT2D eigenvalue weighted by atomic mass is 9.65. The van der Waals surface area contributed by atoms with E-state index in [1.807, 2.05) is 0 Å². The first-order valence-electron chi connectivity index (χ1n) is 6.60. The molecule has 2 nitrogen and oxygen atoms in total. The van der Waals surface area contributed by atoms with E-state index in [9.17, 15) is 0 Å². The number of methoxy groups -OCH3 is 1. The van der Waals surface area contributed by atoms with Gasteiger partial charge in [-0.3, -0.25) is 0 Å². The van der Waals surface area contributed by atoms with Crippen molar-refractivity contribution in [3.63, 3.8) is 0 Å². The highest BCUT2D eigenvalue weighted by atomic mass is 16.5. The van der Waals surface area contributed by atoms with E-state index in [1.165, 1.54) is 19.3 Å². The lowest BCUT2D eigenvalue weighted by Gasteiger charge is -2.42. The van der Waals surface area contributed by atoms with E-state index < -0.39 is 0 Å². The topological polar surface area (TPSA) is 35.2 Å². The Hall–Kier alpha value is -0.0800. The summed E-state index contributed by atoms with van der Waals surface area (Å²) in [4.78, 5) is 0.